The summed E-state index contributed by atoms with van der Waals surface area (Å²) in [6.45, 7) is 1.82. The van der Waals surface area contributed by atoms with Crippen LogP contribution in [0.25, 0.3) is 0 Å². The highest BCUT2D eigenvalue weighted by Gasteiger charge is 2.31. The van der Waals surface area contributed by atoms with Crippen LogP contribution in [-0.4, -0.2) is 41.2 Å². The first-order valence-corrected chi connectivity index (χ1v) is 7.85. The molecule has 2 heterocycles. The number of ether oxygens (including phenoxy) is 2. The van der Waals surface area contributed by atoms with Crippen molar-refractivity contribution in [3.63, 3.8) is 0 Å². The zero-order valence-corrected chi connectivity index (χ0v) is 13.7. The maximum Gasteiger partial charge on any atom is 0.416 e. The molecule has 0 aliphatic carbocycles. The first kappa shape index (κ1) is 17.5. The molecule has 1 aliphatic heterocycles. The number of likely N-dealkylation sites (tertiary alicyclic amines) is 1. The third-order valence-corrected chi connectivity index (χ3v) is 4.00. The normalized spacial score (nSPS) is 18.3. The van der Waals surface area contributed by atoms with Gasteiger partial charge in [-0.2, -0.15) is 23.1 Å². The Morgan fingerprint density at radius 1 is 1.24 bits per heavy atom. The van der Waals surface area contributed by atoms with E-state index in [-0.39, 0.29) is 12.1 Å². The van der Waals surface area contributed by atoms with E-state index in [0.717, 1.165) is 19.0 Å². The molecule has 0 amide bonds. The minimum absolute atomic E-state index is 0.0841. The van der Waals surface area contributed by atoms with Crippen LogP contribution in [0.1, 0.15) is 17.5 Å². The van der Waals surface area contributed by atoms with E-state index in [0.29, 0.717) is 24.4 Å². The summed E-state index contributed by atoms with van der Waals surface area (Å²) < 4.78 is 49.1. The number of benzene rings is 1. The van der Waals surface area contributed by atoms with Crippen molar-refractivity contribution in [2.75, 3.05) is 20.2 Å². The second-order valence-corrected chi connectivity index (χ2v) is 5.87. The fraction of sp³-hybridized carbons (Fsp3) is 0.412. The minimum atomic E-state index is -4.32. The second-order valence-electron chi connectivity index (χ2n) is 5.87. The molecule has 0 spiro atoms. The molecule has 3 rings (SSSR count). The molecule has 25 heavy (non-hydrogen) atoms. The molecule has 8 heteroatoms. The number of halogens is 3. The molecule has 134 valence electrons. The zero-order valence-electron chi connectivity index (χ0n) is 13.7. The number of aromatic nitrogens is 2. The Hall–Kier alpha value is -2.35. The van der Waals surface area contributed by atoms with Crippen LogP contribution in [0.3, 0.4) is 0 Å². The molecular formula is C17H18F3N3O2. The Morgan fingerprint density at radius 3 is 2.68 bits per heavy atom. The molecule has 5 nitrogen and oxygen atoms in total. The first-order valence-electron chi connectivity index (χ1n) is 7.85. The van der Waals surface area contributed by atoms with Crippen LogP contribution in [0, 0.1) is 0 Å². The van der Waals surface area contributed by atoms with Crippen molar-refractivity contribution in [1.29, 1.82) is 0 Å². The average Bonchev–Trinajstić information content (AvgIpc) is 3.02. The number of nitrogens with zero attached hydrogens (tertiary/aromatic N) is 3. The molecular weight excluding hydrogens is 335 g/mol. The molecule has 1 atom stereocenters. The summed E-state index contributed by atoms with van der Waals surface area (Å²) in [6.07, 6.45) is -0.582. The van der Waals surface area contributed by atoms with Gasteiger partial charge in [-0.05, 0) is 18.1 Å². The van der Waals surface area contributed by atoms with Crippen LogP contribution in [0.2, 0.25) is 0 Å². The number of methoxy groups -OCH3 is 1. The quantitative estimate of drug-likeness (QED) is 0.826. The lowest BCUT2D eigenvalue weighted by molar-refractivity contribution is -0.137. The molecule has 0 N–H and O–H groups in total. The lowest BCUT2D eigenvalue weighted by Gasteiger charge is -2.17. The topological polar surface area (TPSA) is 47.5 Å². The highest BCUT2D eigenvalue weighted by molar-refractivity contribution is 5.25. The van der Waals surface area contributed by atoms with Crippen molar-refractivity contribution in [2.24, 2.45) is 0 Å². The van der Waals surface area contributed by atoms with Gasteiger partial charge in [-0.15, -0.1) is 0 Å². The molecule has 1 aromatic carbocycles. The fourth-order valence-corrected chi connectivity index (χ4v) is 2.76. The van der Waals surface area contributed by atoms with Crippen molar-refractivity contribution >= 4 is 0 Å². The Labute approximate surface area is 143 Å². The smallest absolute Gasteiger partial charge is 0.416 e. The predicted octanol–water partition coefficient (Wildman–Crippen LogP) is 3.16. The molecule has 0 saturated carbocycles. The highest BCUT2D eigenvalue weighted by Crippen LogP contribution is 2.30. The fourth-order valence-electron chi connectivity index (χ4n) is 2.76. The molecule has 2 aromatic rings. The van der Waals surface area contributed by atoms with Gasteiger partial charge in [-0.3, -0.25) is 4.90 Å². The van der Waals surface area contributed by atoms with Gasteiger partial charge in [0.2, 0.25) is 0 Å². The van der Waals surface area contributed by atoms with E-state index in [9.17, 15) is 13.2 Å². The molecule has 1 fully saturated rings. The standard InChI is InChI=1S/C17H18F3N3O2/c1-24-15-8-21-16(22-9-15)25-14-5-6-23(11-14)10-12-3-2-4-13(7-12)17(18,19)20/h2-4,7-9,14H,5-6,10-11H2,1H3. The van der Waals surface area contributed by atoms with Crippen molar-refractivity contribution < 1.29 is 22.6 Å². The lowest BCUT2D eigenvalue weighted by atomic mass is 10.1. The number of hydrogen-bond acceptors (Lipinski definition) is 5. The van der Waals surface area contributed by atoms with Crippen molar-refractivity contribution in [3.8, 4) is 11.8 Å². The molecule has 1 aromatic heterocycles. The van der Waals surface area contributed by atoms with Gasteiger partial charge in [0.25, 0.3) is 0 Å². The van der Waals surface area contributed by atoms with Gasteiger partial charge in [0.05, 0.1) is 25.1 Å². The number of rotatable bonds is 5. The van der Waals surface area contributed by atoms with E-state index >= 15 is 0 Å². The summed E-state index contributed by atoms with van der Waals surface area (Å²) in [5.41, 5.74) is 0.0137. The molecule has 1 unspecified atom stereocenters. The Bertz CT molecular complexity index is 707. The minimum Gasteiger partial charge on any atom is -0.494 e. The van der Waals surface area contributed by atoms with Gasteiger partial charge in [-0.1, -0.05) is 18.2 Å². The van der Waals surface area contributed by atoms with Gasteiger partial charge in [0.15, 0.2) is 5.75 Å². The molecule has 1 saturated heterocycles. The van der Waals surface area contributed by atoms with E-state index < -0.39 is 11.7 Å². The summed E-state index contributed by atoms with van der Waals surface area (Å²) in [6, 6.07) is 5.69. The van der Waals surface area contributed by atoms with Crippen LogP contribution in [0.5, 0.6) is 11.8 Å². The lowest BCUT2D eigenvalue weighted by Crippen LogP contribution is -2.25. The Kier molecular flexibility index (Phi) is 5.08. The summed E-state index contributed by atoms with van der Waals surface area (Å²) in [5, 5.41) is 0. The third kappa shape index (κ3) is 4.60. The van der Waals surface area contributed by atoms with Gasteiger partial charge < -0.3 is 9.47 Å². The molecule has 0 radical (unpaired) electrons. The highest BCUT2D eigenvalue weighted by atomic mass is 19.4. The maximum atomic E-state index is 12.8. The van der Waals surface area contributed by atoms with Gasteiger partial charge >= 0.3 is 12.2 Å². The monoisotopic (exact) mass is 353 g/mol. The summed E-state index contributed by atoms with van der Waals surface area (Å²) in [7, 11) is 1.53. The third-order valence-electron chi connectivity index (χ3n) is 4.00. The Morgan fingerprint density at radius 2 is 2.00 bits per heavy atom. The van der Waals surface area contributed by atoms with Gasteiger partial charge in [0, 0.05) is 19.6 Å². The van der Waals surface area contributed by atoms with E-state index in [1.54, 1.807) is 6.07 Å². The summed E-state index contributed by atoms with van der Waals surface area (Å²) >= 11 is 0. The summed E-state index contributed by atoms with van der Waals surface area (Å²) in [4.78, 5) is 10.2. The van der Waals surface area contributed by atoms with Crippen molar-refractivity contribution in [1.82, 2.24) is 14.9 Å². The Balaban J connectivity index is 1.56. The maximum absolute atomic E-state index is 12.8. The van der Waals surface area contributed by atoms with E-state index in [1.165, 1.54) is 31.6 Å². The number of hydrogen-bond donors (Lipinski definition) is 0. The van der Waals surface area contributed by atoms with E-state index in [4.69, 9.17) is 9.47 Å². The van der Waals surface area contributed by atoms with Crippen LogP contribution in [0.4, 0.5) is 13.2 Å². The molecule has 1 aliphatic rings. The van der Waals surface area contributed by atoms with Crippen molar-refractivity contribution in [2.45, 2.75) is 25.2 Å². The molecule has 0 bridgehead atoms. The summed E-state index contributed by atoms with van der Waals surface area (Å²) in [5.74, 6) is 0.546. The second kappa shape index (κ2) is 7.26. The largest absolute Gasteiger partial charge is 0.494 e. The van der Waals surface area contributed by atoms with E-state index in [2.05, 4.69) is 14.9 Å². The average molecular weight is 353 g/mol. The van der Waals surface area contributed by atoms with Crippen LogP contribution in [-0.2, 0) is 12.7 Å². The number of alkyl halides is 3. The van der Waals surface area contributed by atoms with E-state index in [1.807, 2.05) is 0 Å². The van der Waals surface area contributed by atoms with Gasteiger partial charge in [-0.25, -0.2) is 0 Å². The predicted molar refractivity (Wildman–Crippen MR) is 84.3 cm³/mol. The van der Waals surface area contributed by atoms with Crippen LogP contribution >= 0.6 is 0 Å². The van der Waals surface area contributed by atoms with Gasteiger partial charge in [0.1, 0.15) is 6.10 Å². The zero-order chi connectivity index (χ0) is 17.9. The van der Waals surface area contributed by atoms with Crippen LogP contribution in [0.15, 0.2) is 36.7 Å². The SMILES string of the molecule is COc1cnc(OC2CCN(Cc3cccc(C(F)(F)F)c3)C2)nc1. The van der Waals surface area contributed by atoms with Crippen molar-refractivity contribution in [3.05, 3.63) is 47.8 Å². The first-order chi connectivity index (χ1) is 11.9. The van der Waals surface area contributed by atoms with Crippen LogP contribution < -0.4 is 9.47 Å².